The van der Waals surface area contributed by atoms with Crippen LogP contribution in [0.1, 0.15) is 98.5 Å². The Bertz CT molecular complexity index is 974. The molecule has 6 fully saturated rings. The number of rotatable bonds is 6. The molecule has 0 heterocycles. The predicted octanol–water partition coefficient (Wildman–Crippen LogP) is 6.11. The number of carboxylic acids is 1. The largest absolute Gasteiger partial charge is 0.493 e. The van der Waals surface area contributed by atoms with Gasteiger partial charge in [-0.1, -0.05) is 6.92 Å². The Balaban J connectivity index is 1.46. The van der Waals surface area contributed by atoms with Crippen molar-refractivity contribution < 1.29 is 23.8 Å². The maximum absolute atomic E-state index is 16.1. The number of carbonyl (C=O) groups excluding carboxylic acids is 1. The molecule has 7 rings (SSSR count). The Labute approximate surface area is 195 Å². The third-order valence-electron chi connectivity index (χ3n) is 9.91. The van der Waals surface area contributed by atoms with Gasteiger partial charge in [0, 0.05) is 16.9 Å². The minimum Gasteiger partial charge on any atom is -0.493 e. The fraction of sp³-hybridized carbons (Fsp3) is 0.714. The number of carboxylic acid groups (broad SMARTS) is 1. The Morgan fingerprint density at radius 2 is 1.64 bits per heavy atom. The van der Waals surface area contributed by atoms with Crippen LogP contribution in [0.15, 0.2) is 6.07 Å². The summed E-state index contributed by atoms with van der Waals surface area (Å²) in [4.78, 5) is 25.5. The summed E-state index contributed by atoms with van der Waals surface area (Å²) in [7, 11) is 1.53. The van der Waals surface area contributed by atoms with Crippen molar-refractivity contribution in [1.29, 1.82) is 0 Å². The molecule has 0 aromatic heterocycles. The molecule has 0 spiro atoms. The lowest BCUT2D eigenvalue weighted by atomic mass is 9.47. The minimum atomic E-state index is -0.946. The summed E-state index contributed by atoms with van der Waals surface area (Å²) in [6, 6.07) is 1.83. The van der Waals surface area contributed by atoms with Crippen molar-refractivity contribution in [3.63, 3.8) is 0 Å². The second kappa shape index (κ2) is 7.55. The molecule has 4 nitrogen and oxygen atoms in total. The van der Waals surface area contributed by atoms with Gasteiger partial charge in [-0.2, -0.15) is 0 Å². The molecule has 5 heteroatoms. The lowest BCUT2D eigenvalue weighted by Gasteiger charge is -2.57. The van der Waals surface area contributed by atoms with Crippen molar-refractivity contribution in [2.24, 2.45) is 35.5 Å². The van der Waals surface area contributed by atoms with E-state index in [9.17, 15) is 14.7 Å². The molecule has 3 unspecified atom stereocenters. The zero-order valence-corrected chi connectivity index (χ0v) is 19.7. The Hall–Kier alpha value is -1.91. The standard InChI is InChI=1S/C28H35FO4/c1-14-3-6-19(22(14)27(31)32)25(30)21-10-20(18-4-5-18)23(26(33-2)24(21)29)28-11-15-7-16(12-28)9-17(8-15)13-28/h10,14-19,22H,3-9,11-13H2,1-2H3,(H,31,32). The molecule has 0 amide bonds. The number of carbonyl (C=O) groups is 2. The lowest BCUT2D eigenvalue weighted by molar-refractivity contribution is -0.143. The van der Waals surface area contributed by atoms with Crippen LogP contribution in [0, 0.1) is 41.3 Å². The Morgan fingerprint density at radius 1 is 1.03 bits per heavy atom. The van der Waals surface area contributed by atoms with E-state index in [1.807, 2.05) is 13.0 Å². The number of hydrogen-bond acceptors (Lipinski definition) is 3. The van der Waals surface area contributed by atoms with Crippen molar-refractivity contribution >= 4 is 11.8 Å². The van der Waals surface area contributed by atoms with Gasteiger partial charge in [-0.15, -0.1) is 0 Å². The van der Waals surface area contributed by atoms with Crippen LogP contribution in [0.4, 0.5) is 4.39 Å². The van der Waals surface area contributed by atoms with Gasteiger partial charge in [-0.3, -0.25) is 9.59 Å². The van der Waals surface area contributed by atoms with E-state index in [2.05, 4.69) is 0 Å². The van der Waals surface area contributed by atoms with Crippen molar-refractivity contribution in [2.75, 3.05) is 7.11 Å². The van der Waals surface area contributed by atoms with E-state index in [-0.39, 0.29) is 28.4 Å². The van der Waals surface area contributed by atoms with Crippen LogP contribution in [0.3, 0.4) is 0 Å². The third kappa shape index (κ3) is 3.28. The maximum atomic E-state index is 16.1. The predicted molar refractivity (Wildman–Crippen MR) is 122 cm³/mol. The monoisotopic (exact) mass is 454 g/mol. The van der Waals surface area contributed by atoms with E-state index >= 15 is 4.39 Å². The smallest absolute Gasteiger partial charge is 0.307 e. The van der Waals surface area contributed by atoms with Crippen LogP contribution in [0.25, 0.3) is 0 Å². The number of aliphatic carboxylic acids is 1. The van der Waals surface area contributed by atoms with Crippen molar-refractivity contribution in [3.05, 3.63) is 28.6 Å². The molecule has 0 radical (unpaired) electrons. The highest BCUT2D eigenvalue weighted by atomic mass is 19.1. The van der Waals surface area contributed by atoms with Gasteiger partial charge in [0.05, 0.1) is 18.6 Å². The second-order valence-corrected chi connectivity index (χ2v) is 12.1. The van der Waals surface area contributed by atoms with Crippen LogP contribution in [-0.2, 0) is 10.2 Å². The first kappa shape index (κ1) is 21.6. The van der Waals surface area contributed by atoms with E-state index in [1.165, 1.54) is 26.4 Å². The molecule has 4 bridgehead atoms. The van der Waals surface area contributed by atoms with E-state index < -0.39 is 23.6 Å². The molecule has 6 aliphatic rings. The molecule has 6 saturated carbocycles. The van der Waals surface area contributed by atoms with Crippen molar-refractivity contribution in [3.8, 4) is 5.75 Å². The fourth-order valence-electron chi connectivity index (χ4n) is 8.81. The molecule has 1 aromatic carbocycles. The lowest BCUT2D eigenvalue weighted by Crippen LogP contribution is -2.49. The molecule has 0 saturated heterocycles. The van der Waals surface area contributed by atoms with Crippen LogP contribution in [0.2, 0.25) is 0 Å². The summed E-state index contributed by atoms with van der Waals surface area (Å²) in [6.45, 7) is 1.88. The first-order valence-electron chi connectivity index (χ1n) is 13.0. The van der Waals surface area contributed by atoms with E-state index in [0.717, 1.165) is 61.0 Å². The normalized spacial score (nSPS) is 39.1. The first-order valence-corrected chi connectivity index (χ1v) is 13.0. The van der Waals surface area contributed by atoms with Crippen LogP contribution < -0.4 is 4.74 Å². The summed E-state index contributed by atoms with van der Waals surface area (Å²) in [5.41, 5.74) is 2.23. The zero-order chi connectivity index (χ0) is 23.1. The summed E-state index contributed by atoms with van der Waals surface area (Å²) >= 11 is 0. The van der Waals surface area contributed by atoms with Gasteiger partial charge in [-0.25, -0.2) is 4.39 Å². The van der Waals surface area contributed by atoms with Crippen LogP contribution >= 0.6 is 0 Å². The van der Waals surface area contributed by atoms with E-state index in [0.29, 0.717) is 18.8 Å². The highest BCUT2D eigenvalue weighted by molar-refractivity contribution is 6.01. The molecule has 3 atom stereocenters. The first-order chi connectivity index (χ1) is 15.8. The number of halogens is 1. The quantitative estimate of drug-likeness (QED) is 0.527. The molecule has 1 N–H and O–H groups in total. The number of ketones is 1. The number of methoxy groups -OCH3 is 1. The van der Waals surface area contributed by atoms with E-state index in [1.54, 1.807) is 0 Å². The molecule has 0 aliphatic heterocycles. The van der Waals surface area contributed by atoms with Crippen LogP contribution in [-0.4, -0.2) is 24.0 Å². The van der Waals surface area contributed by atoms with Crippen molar-refractivity contribution in [1.82, 2.24) is 0 Å². The molecular formula is C28H35FO4. The van der Waals surface area contributed by atoms with E-state index in [4.69, 9.17) is 4.74 Å². The van der Waals surface area contributed by atoms with Gasteiger partial charge >= 0.3 is 5.97 Å². The van der Waals surface area contributed by atoms with Gasteiger partial charge in [0.15, 0.2) is 17.3 Å². The summed E-state index contributed by atoms with van der Waals surface area (Å²) < 4.78 is 21.9. The molecule has 6 aliphatic carbocycles. The molecule has 33 heavy (non-hydrogen) atoms. The highest BCUT2D eigenvalue weighted by Gasteiger charge is 2.55. The Kier molecular flexibility index (Phi) is 4.94. The zero-order valence-electron chi connectivity index (χ0n) is 19.7. The summed E-state index contributed by atoms with van der Waals surface area (Å²) in [5, 5.41) is 9.74. The molecule has 178 valence electrons. The van der Waals surface area contributed by atoms with Gasteiger partial charge in [0.1, 0.15) is 0 Å². The topological polar surface area (TPSA) is 63.6 Å². The number of ether oxygens (including phenoxy) is 1. The Morgan fingerprint density at radius 3 is 2.15 bits per heavy atom. The average molecular weight is 455 g/mol. The summed E-state index contributed by atoms with van der Waals surface area (Å²) in [5.74, 6) is -0.480. The van der Waals surface area contributed by atoms with Crippen molar-refractivity contribution in [2.45, 2.75) is 82.5 Å². The number of benzene rings is 1. The second-order valence-electron chi connectivity index (χ2n) is 12.1. The third-order valence-corrected chi connectivity index (χ3v) is 9.91. The fourth-order valence-corrected chi connectivity index (χ4v) is 8.81. The molecular weight excluding hydrogens is 419 g/mol. The van der Waals surface area contributed by atoms with Crippen LogP contribution in [0.5, 0.6) is 5.75 Å². The summed E-state index contributed by atoms with van der Waals surface area (Å²) in [6.07, 6.45) is 10.6. The van der Waals surface area contributed by atoms with Gasteiger partial charge in [-0.05, 0) is 105 Å². The van der Waals surface area contributed by atoms with Gasteiger partial charge in [0.25, 0.3) is 0 Å². The minimum absolute atomic E-state index is 0.0219. The van der Waals surface area contributed by atoms with Gasteiger partial charge in [0.2, 0.25) is 0 Å². The SMILES string of the molecule is COc1c(F)c(C(=O)C2CCC(C)C2C(=O)O)cc(C2CC2)c1C12CC3CC(CC(C3)C1)C2. The maximum Gasteiger partial charge on any atom is 0.307 e. The number of Topliss-reactive ketones (excluding diaryl/α,β-unsaturated/α-hetero) is 1. The van der Waals surface area contributed by atoms with Gasteiger partial charge < -0.3 is 9.84 Å². The highest BCUT2D eigenvalue weighted by Crippen LogP contribution is 2.64. The number of hydrogen-bond donors (Lipinski definition) is 1. The molecule has 1 aromatic rings. The average Bonchev–Trinajstić information content (AvgIpc) is 3.52.